The van der Waals surface area contributed by atoms with Gasteiger partial charge in [-0.25, -0.2) is 0 Å². The molecule has 0 aliphatic carbocycles. The van der Waals surface area contributed by atoms with Gasteiger partial charge < -0.3 is 41.9 Å². The fraction of sp³-hybridized carbons (Fsp3) is 0.385. The first-order valence-corrected chi connectivity index (χ1v) is 16.9. The first-order chi connectivity index (χ1) is 23.0. The minimum Gasteiger partial charge on any atom is -0.494 e. The van der Waals surface area contributed by atoms with Crippen molar-refractivity contribution in [3.05, 3.63) is 97.1 Å². The van der Waals surface area contributed by atoms with Gasteiger partial charge in [-0.15, -0.1) is 0 Å². The number of nitrogen functional groups attached to an aromatic ring is 4. The molecule has 0 atom stereocenters. The van der Waals surface area contributed by atoms with Crippen LogP contribution in [0.4, 0.5) is 22.7 Å². The topological polar surface area (TPSA) is 141 Å². The van der Waals surface area contributed by atoms with Crippen LogP contribution in [0.5, 0.6) is 23.0 Å². The van der Waals surface area contributed by atoms with E-state index in [1.165, 1.54) is 38.5 Å². The second kappa shape index (κ2) is 22.7. The lowest BCUT2D eigenvalue weighted by molar-refractivity contribution is 0.279. The molecule has 8 heteroatoms. The molecule has 0 amide bonds. The highest BCUT2D eigenvalue weighted by atomic mass is 16.5. The minimum atomic E-state index is 0.696. The number of hydrogen-bond donors (Lipinski definition) is 4. The van der Waals surface area contributed by atoms with Gasteiger partial charge >= 0.3 is 0 Å². The van der Waals surface area contributed by atoms with Crippen molar-refractivity contribution >= 4 is 22.7 Å². The molecule has 0 fully saturated rings. The van der Waals surface area contributed by atoms with Crippen molar-refractivity contribution in [1.29, 1.82) is 0 Å². The van der Waals surface area contributed by atoms with Gasteiger partial charge in [0.05, 0.1) is 26.4 Å². The van der Waals surface area contributed by atoms with Crippen molar-refractivity contribution in [1.82, 2.24) is 0 Å². The van der Waals surface area contributed by atoms with Crippen LogP contribution in [0.25, 0.3) is 0 Å². The van der Waals surface area contributed by atoms with E-state index in [0.29, 0.717) is 13.2 Å². The average Bonchev–Trinajstić information content (AvgIpc) is 3.05. The third-order valence-electron chi connectivity index (χ3n) is 7.33. The number of ether oxygens (including phenoxy) is 4. The molecule has 8 nitrogen and oxygen atoms in total. The van der Waals surface area contributed by atoms with Gasteiger partial charge in [0.2, 0.25) is 0 Å². The van der Waals surface area contributed by atoms with Gasteiger partial charge in [-0.05, 0) is 80.6 Å². The lowest BCUT2D eigenvalue weighted by atomic mass is 10.1. The largest absolute Gasteiger partial charge is 0.494 e. The predicted octanol–water partition coefficient (Wildman–Crippen LogP) is 8.91. The average molecular weight is 643 g/mol. The monoisotopic (exact) mass is 642 g/mol. The van der Waals surface area contributed by atoms with E-state index in [1.807, 2.05) is 97.1 Å². The standard InChI is InChI=1S/C22H32N2O2.C17H22N2O2/c23-19-11-9-13-21(17-19)25-15-7-5-3-1-2-4-6-8-16-26-22-14-10-12-20(24)18-22;18-14-6-4-8-16(12-14)20-10-2-1-3-11-21-17-9-5-7-15(19)13-17/h9-14,17-18H,1-8,15-16,23-24H2;4-9,12-13H,1-3,10-11,18-19H2. The van der Waals surface area contributed by atoms with E-state index < -0.39 is 0 Å². The highest BCUT2D eigenvalue weighted by Gasteiger charge is 1.99. The Morgan fingerprint density at radius 2 is 0.511 bits per heavy atom. The smallest absolute Gasteiger partial charge is 0.121 e. The van der Waals surface area contributed by atoms with Crippen LogP contribution in [-0.4, -0.2) is 26.4 Å². The fourth-order valence-electron chi connectivity index (χ4n) is 4.82. The van der Waals surface area contributed by atoms with Crippen molar-refractivity contribution in [2.45, 2.75) is 70.6 Å². The van der Waals surface area contributed by atoms with Gasteiger partial charge in [-0.2, -0.15) is 0 Å². The fourth-order valence-corrected chi connectivity index (χ4v) is 4.82. The number of nitrogens with two attached hydrogens (primary N) is 4. The summed E-state index contributed by atoms with van der Waals surface area (Å²) < 4.78 is 22.7. The third kappa shape index (κ3) is 17.5. The zero-order valence-corrected chi connectivity index (χ0v) is 27.8. The summed E-state index contributed by atoms with van der Waals surface area (Å²) >= 11 is 0. The van der Waals surface area contributed by atoms with Crippen LogP contribution in [-0.2, 0) is 0 Å². The van der Waals surface area contributed by atoms with E-state index in [9.17, 15) is 0 Å². The summed E-state index contributed by atoms with van der Waals surface area (Å²) in [7, 11) is 0. The molecule has 47 heavy (non-hydrogen) atoms. The second-order valence-electron chi connectivity index (χ2n) is 11.6. The van der Waals surface area contributed by atoms with Crippen LogP contribution >= 0.6 is 0 Å². The van der Waals surface area contributed by atoms with Gasteiger partial charge in [0.25, 0.3) is 0 Å². The summed E-state index contributed by atoms with van der Waals surface area (Å²) in [5, 5.41) is 0. The highest BCUT2D eigenvalue weighted by Crippen LogP contribution is 2.18. The van der Waals surface area contributed by atoms with Gasteiger partial charge in [-0.1, -0.05) is 62.8 Å². The molecule has 0 aliphatic rings. The molecule has 0 aliphatic heterocycles. The van der Waals surface area contributed by atoms with E-state index in [-0.39, 0.29) is 0 Å². The number of anilines is 4. The number of rotatable bonds is 21. The molecule has 0 radical (unpaired) electrons. The number of unbranched alkanes of at least 4 members (excludes halogenated alkanes) is 9. The second-order valence-corrected chi connectivity index (χ2v) is 11.6. The van der Waals surface area contributed by atoms with Gasteiger partial charge in [0.15, 0.2) is 0 Å². The van der Waals surface area contributed by atoms with Crippen LogP contribution in [0.1, 0.15) is 70.6 Å². The van der Waals surface area contributed by atoms with Gasteiger partial charge in [0, 0.05) is 47.0 Å². The Morgan fingerprint density at radius 1 is 0.298 bits per heavy atom. The Kier molecular flexibility index (Phi) is 17.8. The molecule has 4 rings (SSSR count). The molecule has 8 N–H and O–H groups in total. The van der Waals surface area contributed by atoms with Crippen molar-refractivity contribution in [3.8, 4) is 23.0 Å². The zero-order valence-electron chi connectivity index (χ0n) is 27.8. The molecular formula is C39H54N4O4. The first-order valence-electron chi connectivity index (χ1n) is 16.9. The van der Waals surface area contributed by atoms with Crippen molar-refractivity contribution in [2.75, 3.05) is 49.4 Å². The SMILES string of the molecule is Nc1cccc(OCCCCCCCCCCOc2cccc(N)c2)c1.Nc1cccc(OCCCCCOc2cccc(N)c2)c1. The zero-order chi connectivity index (χ0) is 33.4. The van der Waals surface area contributed by atoms with Crippen LogP contribution in [0, 0.1) is 0 Å². The molecule has 0 bridgehead atoms. The van der Waals surface area contributed by atoms with Crippen molar-refractivity contribution < 1.29 is 18.9 Å². The summed E-state index contributed by atoms with van der Waals surface area (Å²) in [6.07, 6.45) is 12.9. The maximum absolute atomic E-state index is 5.73. The van der Waals surface area contributed by atoms with Gasteiger partial charge in [0.1, 0.15) is 23.0 Å². The molecular weight excluding hydrogens is 588 g/mol. The Labute approximate surface area is 281 Å². The Morgan fingerprint density at radius 3 is 0.745 bits per heavy atom. The predicted molar refractivity (Wildman–Crippen MR) is 196 cm³/mol. The number of benzene rings is 4. The highest BCUT2D eigenvalue weighted by molar-refractivity contribution is 5.45. The van der Waals surface area contributed by atoms with E-state index in [2.05, 4.69) is 0 Å². The normalized spacial score (nSPS) is 10.5. The molecule has 0 unspecified atom stereocenters. The Balaban J connectivity index is 0.000000261. The van der Waals surface area contributed by atoms with Crippen molar-refractivity contribution in [3.63, 3.8) is 0 Å². The van der Waals surface area contributed by atoms with Crippen LogP contribution < -0.4 is 41.9 Å². The molecule has 0 spiro atoms. The molecule has 0 saturated carbocycles. The Hall–Kier alpha value is -4.72. The van der Waals surface area contributed by atoms with E-state index in [1.54, 1.807) is 0 Å². The van der Waals surface area contributed by atoms with Crippen LogP contribution in [0.15, 0.2) is 97.1 Å². The number of hydrogen-bond acceptors (Lipinski definition) is 8. The Bertz CT molecular complexity index is 1300. The lowest BCUT2D eigenvalue weighted by Crippen LogP contribution is -2.01. The van der Waals surface area contributed by atoms with Gasteiger partial charge in [-0.3, -0.25) is 0 Å². The summed E-state index contributed by atoms with van der Waals surface area (Å²) in [5.74, 6) is 3.38. The van der Waals surface area contributed by atoms with E-state index in [0.717, 1.165) is 91.1 Å². The maximum Gasteiger partial charge on any atom is 0.121 e. The molecule has 254 valence electrons. The first kappa shape index (κ1) is 36.7. The lowest BCUT2D eigenvalue weighted by Gasteiger charge is -2.08. The van der Waals surface area contributed by atoms with Crippen LogP contribution in [0.2, 0.25) is 0 Å². The third-order valence-corrected chi connectivity index (χ3v) is 7.33. The molecule has 0 saturated heterocycles. The molecule has 0 heterocycles. The summed E-state index contributed by atoms with van der Waals surface area (Å²) in [6.45, 7) is 2.93. The molecule has 4 aromatic rings. The van der Waals surface area contributed by atoms with E-state index >= 15 is 0 Å². The van der Waals surface area contributed by atoms with E-state index in [4.69, 9.17) is 41.9 Å². The molecule has 0 aromatic heterocycles. The summed E-state index contributed by atoms with van der Waals surface area (Å²) in [6, 6.07) is 30.2. The minimum absolute atomic E-state index is 0.696. The maximum atomic E-state index is 5.73. The van der Waals surface area contributed by atoms with Crippen LogP contribution in [0.3, 0.4) is 0 Å². The summed E-state index contributed by atoms with van der Waals surface area (Å²) in [4.78, 5) is 0. The molecule has 4 aromatic carbocycles. The van der Waals surface area contributed by atoms with Crippen molar-refractivity contribution in [2.24, 2.45) is 0 Å². The quantitative estimate of drug-likeness (QED) is 0.0521. The summed E-state index contributed by atoms with van der Waals surface area (Å²) in [5.41, 5.74) is 25.8.